The Morgan fingerprint density at radius 2 is 2.15 bits per heavy atom. The first-order valence-corrected chi connectivity index (χ1v) is 6.58. The van der Waals surface area contributed by atoms with Crippen molar-refractivity contribution in [3.63, 3.8) is 0 Å². The van der Waals surface area contributed by atoms with Crippen molar-refractivity contribution in [3.05, 3.63) is 58.7 Å². The Balaban J connectivity index is 1.94. The lowest BCUT2D eigenvalue weighted by molar-refractivity contribution is 0.0973. The Morgan fingerprint density at radius 3 is 2.90 bits per heavy atom. The molecule has 3 nitrogen and oxygen atoms in total. The summed E-state index contributed by atoms with van der Waals surface area (Å²) in [6.45, 7) is 0.404. The number of fused-ring (bicyclic) bond motifs is 1. The maximum Gasteiger partial charge on any atom is 0.164 e. The molecule has 0 spiro atoms. The first kappa shape index (κ1) is 12.6. The molecule has 1 aromatic heterocycles. The number of Topliss-reactive ketones (excluding diaryl/α,β-unsaturated/α-hetero) is 1. The van der Waals surface area contributed by atoms with Crippen molar-refractivity contribution in [2.45, 2.75) is 25.8 Å². The summed E-state index contributed by atoms with van der Waals surface area (Å²) in [4.78, 5) is 11.8. The van der Waals surface area contributed by atoms with Crippen LogP contribution in [0.3, 0.4) is 0 Å². The first-order valence-electron chi connectivity index (χ1n) is 6.58. The van der Waals surface area contributed by atoms with E-state index in [1.165, 1.54) is 18.2 Å². The van der Waals surface area contributed by atoms with Crippen LogP contribution >= 0.6 is 0 Å². The summed E-state index contributed by atoms with van der Waals surface area (Å²) in [6, 6.07) is 6.21. The van der Waals surface area contributed by atoms with Crippen LogP contribution in [0.5, 0.6) is 0 Å². The third-order valence-electron chi connectivity index (χ3n) is 3.65. The highest BCUT2D eigenvalue weighted by atomic mass is 19.1. The molecule has 0 atom stereocenters. The number of hydrogen-bond donors (Lipinski definition) is 0. The van der Waals surface area contributed by atoms with Crippen molar-refractivity contribution >= 4 is 5.78 Å². The molecule has 0 amide bonds. The summed E-state index contributed by atoms with van der Waals surface area (Å²) in [5.74, 6) is -0.184. The summed E-state index contributed by atoms with van der Waals surface area (Å²) < 4.78 is 15.2. The average Bonchev–Trinajstić information content (AvgIpc) is 2.83. The van der Waals surface area contributed by atoms with Gasteiger partial charge in [-0.25, -0.2) is 4.39 Å². The third kappa shape index (κ3) is 2.23. The van der Waals surface area contributed by atoms with E-state index in [1.54, 1.807) is 0 Å². The zero-order chi connectivity index (χ0) is 14.1. The van der Waals surface area contributed by atoms with Crippen LogP contribution in [0.25, 0.3) is 0 Å². The molecule has 1 aromatic carbocycles. The quantitative estimate of drug-likeness (QED) is 0.840. The molecule has 0 bridgehead atoms. The number of nitrogens with zero attached hydrogens (tertiary/aromatic N) is 2. The number of halogens is 1. The van der Waals surface area contributed by atoms with Crippen LogP contribution in [0.1, 0.15) is 39.9 Å². The van der Waals surface area contributed by atoms with Gasteiger partial charge in [-0.05, 0) is 42.2 Å². The highest BCUT2D eigenvalue weighted by Crippen LogP contribution is 2.23. The summed E-state index contributed by atoms with van der Waals surface area (Å²) in [5, 5.41) is 9.06. The normalized spacial score (nSPS) is 13.9. The molecule has 0 N–H and O–H groups in total. The molecule has 0 aliphatic heterocycles. The van der Waals surface area contributed by atoms with Gasteiger partial charge in [-0.3, -0.25) is 4.79 Å². The minimum Gasteiger partial charge on any atom is -0.349 e. The largest absolute Gasteiger partial charge is 0.349 e. The maximum atomic E-state index is 13.3. The van der Waals surface area contributed by atoms with Gasteiger partial charge in [0.05, 0.1) is 11.6 Å². The van der Waals surface area contributed by atoms with E-state index in [1.807, 2.05) is 17.0 Å². The number of benzene rings is 1. The molecule has 0 radical (unpaired) electrons. The Labute approximate surface area is 116 Å². The number of aryl methyl sites for hydroxylation is 1. The van der Waals surface area contributed by atoms with Crippen LogP contribution in [0.15, 0.2) is 30.6 Å². The van der Waals surface area contributed by atoms with Gasteiger partial charge >= 0.3 is 0 Å². The van der Waals surface area contributed by atoms with E-state index in [9.17, 15) is 9.18 Å². The summed E-state index contributed by atoms with van der Waals surface area (Å²) >= 11 is 0. The Bertz CT molecular complexity index is 725. The fraction of sp³-hybridized carbons (Fsp3) is 0.250. The molecule has 1 heterocycles. The number of rotatable bonds is 2. The van der Waals surface area contributed by atoms with Gasteiger partial charge in [-0.2, -0.15) is 5.26 Å². The number of nitriles is 1. The van der Waals surface area contributed by atoms with Crippen LogP contribution in [0, 0.1) is 17.1 Å². The fourth-order valence-corrected chi connectivity index (χ4v) is 2.67. The van der Waals surface area contributed by atoms with Gasteiger partial charge in [-0.1, -0.05) is 0 Å². The molecule has 0 saturated heterocycles. The van der Waals surface area contributed by atoms with E-state index in [2.05, 4.69) is 6.07 Å². The van der Waals surface area contributed by atoms with Crippen molar-refractivity contribution in [2.75, 3.05) is 0 Å². The van der Waals surface area contributed by atoms with Gasteiger partial charge in [0, 0.05) is 30.9 Å². The minimum atomic E-state index is -0.355. The molecular weight excluding hydrogens is 255 g/mol. The van der Waals surface area contributed by atoms with E-state index >= 15 is 0 Å². The van der Waals surface area contributed by atoms with E-state index < -0.39 is 0 Å². The maximum absolute atomic E-state index is 13.3. The van der Waals surface area contributed by atoms with Crippen LogP contribution in [-0.2, 0) is 13.0 Å². The average molecular weight is 268 g/mol. The number of ketones is 1. The Morgan fingerprint density at radius 1 is 1.30 bits per heavy atom. The third-order valence-corrected chi connectivity index (χ3v) is 3.65. The van der Waals surface area contributed by atoms with Gasteiger partial charge in [0.2, 0.25) is 0 Å². The molecule has 3 rings (SSSR count). The molecule has 100 valence electrons. The van der Waals surface area contributed by atoms with Gasteiger partial charge < -0.3 is 4.57 Å². The van der Waals surface area contributed by atoms with Crippen LogP contribution in [-0.4, -0.2) is 10.4 Å². The molecular formula is C16H13FN2O. The monoisotopic (exact) mass is 268 g/mol. The first-order chi connectivity index (χ1) is 9.67. The lowest BCUT2D eigenvalue weighted by atomic mass is 9.95. The van der Waals surface area contributed by atoms with Crippen molar-refractivity contribution in [3.8, 4) is 6.07 Å². The second kappa shape index (κ2) is 4.93. The van der Waals surface area contributed by atoms with E-state index in [-0.39, 0.29) is 11.6 Å². The van der Waals surface area contributed by atoms with Crippen molar-refractivity contribution in [1.82, 2.24) is 4.57 Å². The number of carbonyl (C=O) groups excluding carboxylic acids is 1. The standard InChI is InChI=1S/C16H13FN2O/c17-14-5-4-11(7-18)13(6-14)9-19-8-12-2-1-3-16(20)15(12)10-19/h4-6,8,10H,1-3,9H2. The molecule has 20 heavy (non-hydrogen) atoms. The van der Waals surface area contributed by atoms with Gasteiger partial charge in [0.25, 0.3) is 0 Å². The number of hydrogen-bond acceptors (Lipinski definition) is 2. The molecule has 2 aromatic rings. The highest BCUT2D eigenvalue weighted by Gasteiger charge is 2.19. The predicted octanol–water partition coefficient (Wildman–Crippen LogP) is 3.07. The zero-order valence-corrected chi connectivity index (χ0v) is 10.9. The summed E-state index contributed by atoms with van der Waals surface area (Å²) in [7, 11) is 0. The second-order valence-corrected chi connectivity index (χ2v) is 5.06. The molecule has 1 aliphatic rings. The SMILES string of the molecule is N#Cc1ccc(F)cc1Cn1cc2c(c1)C(=O)CCC2. The van der Waals surface area contributed by atoms with Crippen molar-refractivity contribution in [1.29, 1.82) is 5.26 Å². The lowest BCUT2D eigenvalue weighted by Gasteiger charge is -2.07. The van der Waals surface area contributed by atoms with Gasteiger partial charge in [0.15, 0.2) is 5.78 Å². The molecule has 0 unspecified atom stereocenters. The lowest BCUT2D eigenvalue weighted by Crippen LogP contribution is -2.07. The number of aromatic nitrogens is 1. The number of carbonyl (C=O) groups is 1. The van der Waals surface area contributed by atoms with E-state index in [4.69, 9.17) is 5.26 Å². The Hall–Kier alpha value is -2.41. The van der Waals surface area contributed by atoms with Crippen molar-refractivity contribution in [2.24, 2.45) is 0 Å². The molecule has 0 saturated carbocycles. The second-order valence-electron chi connectivity index (χ2n) is 5.06. The Kier molecular flexibility index (Phi) is 3.11. The topological polar surface area (TPSA) is 45.8 Å². The van der Waals surface area contributed by atoms with E-state index in [0.717, 1.165) is 24.0 Å². The molecule has 0 fully saturated rings. The molecule has 1 aliphatic carbocycles. The van der Waals surface area contributed by atoms with E-state index in [0.29, 0.717) is 24.1 Å². The summed E-state index contributed by atoms with van der Waals surface area (Å²) in [6.07, 6.45) is 6.13. The smallest absolute Gasteiger partial charge is 0.164 e. The highest BCUT2D eigenvalue weighted by molar-refractivity contribution is 5.98. The molecule has 4 heteroatoms. The minimum absolute atomic E-state index is 0.171. The zero-order valence-electron chi connectivity index (χ0n) is 10.9. The van der Waals surface area contributed by atoms with Crippen LogP contribution in [0.4, 0.5) is 4.39 Å². The van der Waals surface area contributed by atoms with Crippen LogP contribution in [0.2, 0.25) is 0 Å². The van der Waals surface area contributed by atoms with Crippen molar-refractivity contribution < 1.29 is 9.18 Å². The van der Waals surface area contributed by atoms with Gasteiger partial charge in [-0.15, -0.1) is 0 Å². The summed E-state index contributed by atoms with van der Waals surface area (Å²) in [5.41, 5.74) is 2.92. The predicted molar refractivity (Wildman–Crippen MR) is 71.9 cm³/mol. The fourth-order valence-electron chi connectivity index (χ4n) is 2.67. The van der Waals surface area contributed by atoms with Gasteiger partial charge in [0.1, 0.15) is 5.82 Å². The van der Waals surface area contributed by atoms with Crippen LogP contribution < -0.4 is 0 Å².